The molecule has 4 heteroatoms. The van der Waals surface area contributed by atoms with E-state index in [0.717, 1.165) is 12.4 Å². The van der Waals surface area contributed by atoms with Gasteiger partial charge in [-0.15, -0.1) is 0 Å². The molecule has 96 valence electrons. The van der Waals surface area contributed by atoms with Crippen molar-refractivity contribution in [2.24, 2.45) is 5.41 Å². The molecule has 17 heavy (non-hydrogen) atoms. The summed E-state index contributed by atoms with van der Waals surface area (Å²) in [5, 5.41) is 3.30. The largest absolute Gasteiger partial charge is 0.382 e. The summed E-state index contributed by atoms with van der Waals surface area (Å²) in [6, 6.07) is 0. The Hall–Kier alpha value is -1.32. The van der Waals surface area contributed by atoms with Crippen LogP contribution < -0.4 is 11.1 Å². The van der Waals surface area contributed by atoms with Crippen LogP contribution in [0.2, 0.25) is 0 Å². The highest BCUT2D eigenvalue weighted by atomic mass is 15.0. The number of nitrogens with one attached hydrogen (secondary N) is 1. The minimum Gasteiger partial charge on any atom is -0.382 e. The van der Waals surface area contributed by atoms with E-state index in [0.29, 0.717) is 5.82 Å². The first-order chi connectivity index (χ1) is 8.03. The van der Waals surface area contributed by atoms with Crippen molar-refractivity contribution in [3.05, 3.63) is 12.4 Å². The molecule has 0 spiro atoms. The van der Waals surface area contributed by atoms with Crippen LogP contribution in [0.4, 0.5) is 11.6 Å². The topological polar surface area (TPSA) is 63.8 Å². The van der Waals surface area contributed by atoms with Crippen LogP contribution >= 0.6 is 0 Å². The van der Waals surface area contributed by atoms with Crippen LogP contribution in [0, 0.1) is 5.41 Å². The van der Waals surface area contributed by atoms with Crippen LogP contribution in [0.1, 0.15) is 46.5 Å². The first kappa shape index (κ1) is 13.7. The average molecular weight is 236 g/mol. The third-order valence-electron chi connectivity index (χ3n) is 2.86. The van der Waals surface area contributed by atoms with E-state index in [2.05, 4.69) is 36.1 Å². The fourth-order valence-electron chi connectivity index (χ4n) is 1.74. The van der Waals surface area contributed by atoms with Crippen LogP contribution in [0.5, 0.6) is 0 Å². The molecule has 3 N–H and O–H groups in total. The zero-order valence-electron chi connectivity index (χ0n) is 11.2. The molecule has 0 aliphatic heterocycles. The lowest BCUT2D eigenvalue weighted by Crippen LogP contribution is -2.23. The Bertz CT molecular complexity index is 336. The highest BCUT2D eigenvalue weighted by Crippen LogP contribution is 2.24. The van der Waals surface area contributed by atoms with Crippen molar-refractivity contribution in [1.29, 1.82) is 0 Å². The smallest absolute Gasteiger partial charge is 0.146 e. The molecule has 0 aliphatic rings. The van der Waals surface area contributed by atoms with E-state index in [1.807, 2.05) is 0 Å². The van der Waals surface area contributed by atoms with Gasteiger partial charge in [0.25, 0.3) is 0 Å². The van der Waals surface area contributed by atoms with Gasteiger partial charge < -0.3 is 11.1 Å². The van der Waals surface area contributed by atoms with Crippen LogP contribution in [0.15, 0.2) is 12.4 Å². The van der Waals surface area contributed by atoms with Crippen molar-refractivity contribution >= 4 is 11.6 Å². The number of nitrogens with two attached hydrogens (primary N) is 1. The Morgan fingerprint density at radius 1 is 1.29 bits per heavy atom. The molecule has 1 aromatic heterocycles. The van der Waals surface area contributed by atoms with Gasteiger partial charge in [0, 0.05) is 6.54 Å². The predicted octanol–water partition coefficient (Wildman–Crippen LogP) is 3.08. The Morgan fingerprint density at radius 3 is 2.71 bits per heavy atom. The monoisotopic (exact) mass is 236 g/mol. The van der Waals surface area contributed by atoms with Gasteiger partial charge in [-0.3, -0.25) is 4.98 Å². The van der Waals surface area contributed by atoms with E-state index in [-0.39, 0.29) is 5.41 Å². The molecular formula is C13H24N4. The first-order valence-corrected chi connectivity index (χ1v) is 6.35. The van der Waals surface area contributed by atoms with Crippen molar-refractivity contribution in [2.75, 3.05) is 17.6 Å². The summed E-state index contributed by atoms with van der Waals surface area (Å²) in [5.41, 5.74) is 5.86. The van der Waals surface area contributed by atoms with Crippen LogP contribution in [-0.4, -0.2) is 16.5 Å². The summed E-state index contributed by atoms with van der Waals surface area (Å²) < 4.78 is 0. The van der Waals surface area contributed by atoms with E-state index < -0.39 is 0 Å². The molecule has 0 unspecified atom stereocenters. The van der Waals surface area contributed by atoms with Crippen molar-refractivity contribution in [2.45, 2.75) is 46.5 Å². The van der Waals surface area contributed by atoms with Crippen molar-refractivity contribution < 1.29 is 0 Å². The molecule has 0 saturated carbocycles. The van der Waals surface area contributed by atoms with Gasteiger partial charge in [-0.2, -0.15) is 0 Å². The molecule has 0 amide bonds. The van der Waals surface area contributed by atoms with E-state index in [9.17, 15) is 0 Å². The fourth-order valence-corrected chi connectivity index (χ4v) is 1.74. The summed E-state index contributed by atoms with van der Waals surface area (Å²) in [4.78, 5) is 8.19. The quantitative estimate of drug-likeness (QED) is 0.714. The Labute approximate surface area is 104 Å². The minimum absolute atomic E-state index is 0.279. The summed E-state index contributed by atoms with van der Waals surface area (Å²) in [6.45, 7) is 7.67. The summed E-state index contributed by atoms with van der Waals surface area (Å²) >= 11 is 0. The number of anilines is 2. The van der Waals surface area contributed by atoms with Gasteiger partial charge in [0.2, 0.25) is 0 Å². The van der Waals surface area contributed by atoms with Crippen LogP contribution in [0.25, 0.3) is 0 Å². The molecule has 1 heterocycles. The van der Waals surface area contributed by atoms with Gasteiger partial charge in [0.15, 0.2) is 0 Å². The lowest BCUT2D eigenvalue weighted by molar-refractivity contribution is 0.342. The summed E-state index contributed by atoms with van der Waals surface area (Å²) in [5.74, 6) is 1.22. The average Bonchev–Trinajstić information content (AvgIpc) is 2.27. The maximum absolute atomic E-state index is 5.58. The van der Waals surface area contributed by atoms with Crippen molar-refractivity contribution in [1.82, 2.24) is 9.97 Å². The third kappa shape index (κ3) is 5.52. The minimum atomic E-state index is 0.279. The number of nitrogen functional groups attached to an aromatic ring is 1. The fraction of sp³-hybridized carbons (Fsp3) is 0.692. The molecule has 4 nitrogen and oxygen atoms in total. The molecule has 0 aliphatic carbocycles. The second-order valence-corrected chi connectivity index (χ2v) is 5.30. The van der Waals surface area contributed by atoms with Gasteiger partial charge in [-0.1, -0.05) is 40.0 Å². The zero-order chi connectivity index (χ0) is 12.7. The second-order valence-electron chi connectivity index (χ2n) is 5.30. The number of hydrogen-bond donors (Lipinski definition) is 2. The third-order valence-corrected chi connectivity index (χ3v) is 2.86. The molecule has 0 saturated heterocycles. The van der Waals surface area contributed by atoms with Gasteiger partial charge in [0.05, 0.1) is 12.4 Å². The summed E-state index contributed by atoms with van der Waals surface area (Å²) in [7, 11) is 0. The van der Waals surface area contributed by atoms with E-state index >= 15 is 0 Å². The number of unbranched alkanes of at least 4 members (excludes halogenated alkanes) is 2. The molecule has 0 fully saturated rings. The van der Waals surface area contributed by atoms with Crippen LogP contribution in [0.3, 0.4) is 0 Å². The number of hydrogen-bond acceptors (Lipinski definition) is 4. The van der Waals surface area contributed by atoms with Crippen molar-refractivity contribution in [3.8, 4) is 0 Å². The standard InChI is InChI=1S/C13H24N4/c1-4-5-6-7-13(2,3)10-16-12-9-15-8-11(14)17-12/h8-9H,4-7,10H2,1-3H3,(H3,14,16,17). The molecule has 1 rings (SSSR count). The molecular weight excluding hydrogens is 212 g/mol. The highest BCUT2D eigenvalue weighted by Gasteiger charge is 2.17. The molecule has 0 atom stereocenters. The SMILES string of the molecule is CCCCCC(C)(C)CNc1cncc(N)n1. The molecule has 0 aromatic carbocycles. The second kappa shape index (κ2) is 6.42. The highest BCUT2D eigenvalue weighted by molar-refractivity contribution is 5.38. The molecule has 1 aromatic rings. The molecule has 0 bridgehead atoms. The van der Waals surface area contributed by atoms with Gasteiger partial charge in [-0.25, -0.2) is 4.98 Å². The van der Waals surface area contributed by atoms with Gasteiger partial charge >= 0.3 is 0 Å². The number of aromatic nitrogens is 2. The normalized spacial score (nSPS) is 11.5. The van der Waals surface area contributed by atoms with E-state index in [1.54, 1.807) is 12.4 Å². The van der Waals surface area contributed by atoms with Crippen LogP contribution in [-0.2, 0) is 0 Å². The molecule has 0 radical (unpaired) electrons. The Balaban J connectivity index is 2.38. The number of rotatable bonds is 7. The van der Waals surface area contributed by atoms with E-state index in [4.69, 9.17) is 5.73 Å². The maximum atomic E-state index is 5.58. The summed E-state index contributed by atoms with van der Waals surface area (Å²) in [6.07, 6.45) is 8.35. The van der Waals surface area contributed by atoms with Gasteiger partial charge in [-0.05, 0) is 11.8 Å². The lowest BCUT2D eigenvalue weighted by Gasteiger charge is -2.25. The van der Waals surface area contributed by atoms with E-state index in [1.165, 1.54) is 25.7 Å². The Kier molecular flexibility index (Phi) is 5.19. The van der Waals surface area contributed by atoms with Gasteiger partial charge in [0.1, 0.15) is 11.6 Å². The first-order valence-electron chi connectivity index (χ1n) is 6.35. The maximum Gasteiger partial charge on any atom is 0.146 e. The predicted molar refractivity (Wildman–Crippen MR) is 72.9 cm³/mol. The van der Waals surface area contributed by atoms with Crippen molar-refractivity contribution in [3.63, 3.8) is 0 Å². The number of nitrogens with zero attached hydrogens (tertiary/aromatic N) is 2. The zero-order valence-corrected chi connectivity index (χ0v) is 11.2. The lowest BCUT2D eigenvalue weighted by atomic mass is 9.87. The Morgan fingerprint density at radius 2 is 2.06 bits per heavy atom.